The molecule has 5 N–H and O–H groups in total. The van der Waals surface area contributed by atoms with Crippen molar-refractivity contribution in [2.24, 2.45) is 0 Å². The van der Waals surface area contributed by atoms with Crippen LogP contribution in [0.1, 0.15) is 0 Å². The summed E-state index contributed by atoms with van der Waals surface area (Å²) in [6, 6.07) is 0. The number of hydrogen-bond acceptors (Lipinski definition) is 6. The SMILES string of the molecule is N=c1oc2c(O)c(N)oc2n1O. The van der Waals surface area contributed by atoms with Gasteiger partial charge in [-0.15, -0.1) is 0 Å². The van der Waals surface area contributed by atoms with Crippen molar-refractivity contribution in [1.29, 1.82) is 5.41 Å². The lowest BCUT2D eigenvalue weighted by atomic mass is 10.5. The molecule has 0 spiro atoms. The fraction of sp³-hybridized carbons (Fsp3) is 0. The van der Waals surface area contributed by atoms with Crippen molar-refractivity contribution in [3.8, 4) is 5.75 Å². The fourth-order valence-corrected chi connectivity index (χ4v) is 0.876. The third kappa shape index (κ3) is 0.570. The Morgan fingerprint density at radius 1 is 1.42 bits per heavy atom. The average molecular weight is 171 g/mol. The van der Waals surface area contributed by atoms with Crippen LogP contribution in [-0.4, -0.2) is 15.0 Å². The summed E-state index contributed by atoms with van der Waals surface area (Å²) < 4.78 is 9.62. The molecule has 0 atom stereocenters. The molecule has 0 aliphatic heterocycles. The maximum Gasteiger partial charge on any atom is 0.332 e. The van der Waals surface area contributed by atoms with Crippen molar-refractivity contribution < 1.29 is 19.1 Å². The first-order valence-corrected chi connectivity index (χ1v) is 2.98. The lowest BCUT2D eigenvalue weighted by Gasteiger charge is -1.85. The molecule has 0 bridgehead atoms. The molecule has 0 aliphatic rings. The summed E-state index contributed by atoms with van der Waals surface area (Å²) in [7, 11) is 0. The summed E-state index contributed by atoms with van der Waals surface area (Å²) >= 11 is 0. The van der Waals surface area contributed by atoms with Gasteiger partial charge in [-0.05, 0) is 0 Å². The van der Waals surface area contributed by atoms with Crippen molar-refractivity contribution in [2.45, 2.75) is 0 Å². The molecule has 0 saturated heterocycles. The number of hydrogen-bond donors (Lipinski definition) is 4. The Kier molecular flexibility index (Phi) is 0.972. The molecule has 0 saturated carbocycles. The molecule has 2 heterocycles. The summed E-state index contributed by atoms with van der Waals surface area (Å²) in [5.74, 6) is -0.669. The van der Waals surface area contributed by atoms with Gasteiger partial charge in [-0.1, -0.05) is 4.73 Å². The van der Waals surface area contributed by atoms with Crippen LogP contribution in [0.25, 0.3) is 11.3 Å². The smallest absolute Gasteiger partial charge is 0.332 e. The van der Waals surface area contributed by atoms with Gasteiger partial charge in [0.05, 0.1) is 0 Å². The molecule has 2 aromatic rings. The van der Waals surface area contributed by atoms with Crippen molar-refractivity contribution in [2.75, 3.05) is 5.73 Å². The number of aromatic nitrogens is 1. The van der Waals surface area contributed by atoms with E-state index in [0.717, 1.165) is 0 Å². The Bertz CT molecular complexity index is 490. The normalized spacial score (nSPS) is 11.0. The van der Waals surface area contributed by atoms with E-state index in [1.165, 1.54) is 0 Å². The molecular formula is C5H5N3O4. The minimum Gasteiger partial charge on any atom is -0.500 e. The Morgan fingerprint density at radius 3 is 2.67 bits per heavy atom. The number of nitrogens with zero attached hydrogens (tertiary/aromatic N) is 1. The highest BCUT2D eigenvalue weighted by Crippen LogP contribution is 2.32. The molecule has 0 fully saturated rings. The van der Waals surface area contributed by atoms with Crippen LogP contribution in [0.2, 0.25) is 0 Å². The van der Waals surface area contributed by atoms with Gasteiger partial charge in [0.25, 0.3) is 5.71 Å². The summed E-state index contributed by atoms with van der Waals surface area (Å²) in [5.41, 5.74) is 4.29. The summed E-state index contributed by atoms with van der Waals surface area (Å²) in [6.45, 7) is 0. The lowest BCUT2D eigenvalue weighted by Crippen LogP contribution is -2.10. The number of nitrogen functional groups attached to an aromatic ring is 1. The van der Waals surface area contributed by atoms with Crippen LogP contribution in [0.4, 0.5) is 5.88 Å². The van der Waals surface area contributed by atoms with Gasteiger partial charge in [0.2, 0.25) is 17.2 Å². The van der Waals surface area contributed by atoms with E-state index in [0.29, 0.717) is 4.73 Å². The number of anilines is 1. The number of nitrogens with two attached hydrogens (primary N) is 1. The van der Waals surface area contributed by atoms with Crippen LogP contribution >= 0.6 is 0 Å². The molecule has 0 amide bonds. The number of furan rings is 1. The van der Waals surface area contributed by atoms with Gasteiger partial charge in [0.1, 0.15) is 0 Å². The molecule has 2 rings (SSSR count). The van der Waals surface area contributed by atoms with E-state index in [2.05, 4.69) is 8.83 Å². The number of rotatable bonds is 0. The first-order chi connectivity index (χ1) is 5.61. The average Bonchev–Trinajstić information content (AvgIpc) is 2.43. The first-order valence-electron chi connectivity index (χ1n) is 2.98. The van der Waals surface area contributed by atoms with Crippen LogP contribution in [0, 0.1) is 5.41 Å². The summed E-state index contributed by atoms with van der Waals surface area (Å²) in [5, 5.41) is 25.1. The van der Waals surface area contributed by atoms with Crippen LogP contribution < -0.4 is 11.4 Å². The largest absolute Gasteiger partial charge is 0.500 e. The number of fused-ring (bicyclic) bond motifs is 1. The molecule has 7 nitrogen and oxygen atoms in total. The second kappa shape index (κ2) is 1.76. The predicted octanol–water partition coefficient (Wildman–Crippen LogP) is -0.168. The zero-order valence-electron chi connectivity index (χ0n) is 5.74. The van der Waals surface area contributed by atoms with Gasteiger partial charge in [0, 0.05) is 0 Å². The highest BCUT2D eigenvalue weighted by atomic mass is 16.5. The van der Waals surface area contributed by atoms with E-state index < -0.39 is 11.4 Å². The van der Waals surface area contributed by atoms with Gasteiger partial charge in [0.15, 0.2) is 0 Å². The van der Waals surface area contributed by atoms with Gasteiger partial charge >= 0.3 is 5.68 Å². The monoisotopic (exact) mass is 171 g/mol. The zero-order chi connectivity index (χ0) is 8.88. The minimum absolute atomic E-state index is 0.139. The fourth-order valence-electron chi connectivity index (χ4n) is 0.876. The summed E-state index contributed by atoms with van der Waals surface area (Å²) in [4.78, 5) is 0. The standard InChI is InChI=1S/C5H5N3O4/c6-3-1(9)2-4(12-3)8(10)5(7)11-2/h7,9-10H,6H2. The van der Waals surface area contributed by atoms with Crippen LogP contribution in [0.15, 0.2) is 8.83 Å². The maximum atomic E-state index is 9.12. The van der Waals surface area contributed by atoms with Crippen molar-refractivity contribution in [1.82, 2.24) is 4.73 Å². The number of oxazole rings is 1. The molecule has 64 valence electrons. The Balaban J connectivity index is 3.03. The van der Waals surface area contributed by atoms with E-state index in [1.807, 2.05) is 0 Å². The number of nitrogens with one attached hydrogen (secondary N) is 1. The Hall–Kier alpha value is -2.05. The zero-order valence-corrected chi connectivity index (χ0v) is 5.74. The lowest BCUT2D eigenvalue weighted by molar-refractivity contribution is 0.155. The molecule has 7 heteroatoms. The van der Waals surface area contributed by atoms with Gasteiger partial charge in [-0.25, -0.2) is 5.41 Å². The topological polar surface area (TPSA) is 122 Å². The van der Waals surface area contributed by atoms with E-state index >= 15 is 0 Å². The van der Waals surface area contributed by atoms with Crippen molar-refractivity contribution in [3.63, 3.8) is 0 Å². The van der Waals surface area contributed by atoms with E-state index in [-0.39, 0.29) is 17.2 Å². The second-order valence-corrected chi connectivity index (χ2v) is 2.17. The minimum atomic E-state index is -0.543. The molecule has 12 heavy (non-hydrogen) atoms. The molecule has 2 aromatic heterocycles. The number of aromatic hydroxyl groups is 1. The van der Waals surface area contributed by atoms with Gasteiger partial charge < -0.3 is 24.9 Å². The highest BCUT2D eigenvalue weighted by Gasteiger charge is 2.18. The second-order valence-electron chi connectivity index (χ2n) is 2.17. The van der Waals surface area contributed by atoms with E-state index in [9.17, 15) is 0 Å². The van der Waals surface area contributed by atoms with Crippen LogP contribution in [0.5, 0.6) is 5.75 Å². The third-order valence-electron chi connectivity index (χ3n) is 1.43. The molecule has 0 aromatic carbocycles. The molecule has 0 aliphatic carbocycles. The van der Waals surface area contributed by atoms with Gasteiger partial charge in [-0.2, -0.15) is 0 Å². The van der Waals surface area contributed by atoms with E-state index in [1.54, 1.807) is 0 Å². The third-order valence-corrected chi connectivity index (χ3v) is 1.43. The maximum absolute atomic E-state index is 9.12. The molecular weight excluding hydrogens is 166 g/mol. The highest BCUT2D eigenvalue weighted by molar-refractivity contribution is 5.80. The first kappa shape index (κ1) is 6.65. The van der Waals surface area contributed by atoms with Crippen LogP contribution in [-0.2, 0) is 0 Å². The van der Waals surface area contributed by atoms with E-state index in [4.69, 9.17) is 21.5 Å². The van der Waals surface area contributed by atoms with Crippen LogP contribution in [0.3, 0.4) is 0 Å². The Morgan fingerprint density at radius 2 is 2.08 bits per heavy atom. The molecule has 0 unspecified atom stereocenters. The van der Waals surface area contributed by atoms with Gasteiger partial charge in [-0.3, -0.25) is 0 Å². The van der Waals surface area contributed by atoms with Crippen molar-refractivity contribution >= 4 is 17.2 Å². The van der Waals surface area contributed by atoms with Crippen molar-refractivity contribution in [3.05, 3.63) is 5.68 Å². The predicted molar refractivity (Wildman–Crippen MR) is 35.6 cm³/mol. The molecule has 0 radical (unpaired) electrons. The Labute approximate surface area is 64.7 Å². The quantitative estimate of drug-likeness (QED) is 0.410. The summed E-state index contributed by atoms with van der Waals surface area (Å²) in [6.07, 6.45) is 0.